The molecule has 6 heteroatoms. The summed E-state index contributed by atoms with van der Waals surface area (Å²) in [6.07, 6.45) is 5.28. The second-order valence-electron chi connectivity index (χ2n) is 5.19. The molecule has 0 aliphatic carbocycles. The molecule has 124 valence electrons. The zero-order valence-corrected chi connectivity index (χ0v) is 15.4. The molecule has 0 radical (unpaired) electrons. The minimum atomic E-state index is -0.725. The predicted molar refractivity (Wildman–Crippen MR) is 101 cm³/mol. The van der Waals surface area contributed by atoms with Gasteiger partial charge in [0.1, 0.15) is 0 Å². The third-order valence-electron chi connectivity index (χ3n) is 3.33. The summed E-state index contributed by atoms with van der Waals surface area (Å²) in [7, 11) is 0. The Hall–Kier alpha value is -1.75. The highest BCUT2D eigenvalue weighted by Gasteiger charge is 2.28. The first-order valence-electron chi connectivity index (χ1n) is 7.23. The van der Waals surface area contributed by atoms with E-state index in [2.05, 4.69) is 11.6 Å². The van der Waals surface area contributed by atoms with Crippen LogP contribution in [0.25, 0.3) is 0 Å². The van der Waals surface area contributed by atoms with E-state index >= 15 is 0 Å². The lowest BCUT2D eigenvalue weighted by molar-refractivity contribution is -0.692. The average molecular weight is 379 g/mol. The van der Waals surface area contributed by atoms with Crippen LogP contribution in [0, 0.1) is 6.92 Å². The minimum absolute atomic E-state index is 0.193. The van der Waals surface area contributed by atoms with E-state index in [1.165, 1.54) is 0 Å². The Morgan fingerprint density at radius 3 is 2.75 bits per heavy atom. The molecule has 3 nitrogen and oxygen atoms in total. The number of carbonyl (C=O) groups is 1. The van der Waals surface area contributed by atoms with Gasteiger partial charge in [-0.2, -0.15) is 4.57 Å². The third-order valence-corrected chi connectivity index (χ3v) is 4.42. The fourth-order valence-corrected chi connectivity index (χ4v) is 2.80. The Labute approximate surface area is 157 Å². The number of rotatable bonds is 6. The van der Waals surface area contributed by atoms with Crippen molar-refractivity contribution in [2.45, 2.75) is 13.0 Å². The molecule has 0 spiro atoms. The Bertz CT molecular complexity index is 805. The van der Waals surface area contributed by atoms with E-state index in [9.17, 15) is 4.79 Å². The SMILES string of the molecule is C=CCN=C([S-])[C@H](C(=O)c1ccc(Cl)c(Cl)c1)[n+]1cccc(C)c1. The largest absolute Gasteiger partial charge is 0.758 e. The zero-order chi connectivity index (χ0) is 17.7. The van der Waals surface area contributed by atoms with Crippen LogP contribution in [0.3, 0.4) is 0 Å². The number of halogens is 2. The summed E-state index contributed by atoms with van der Waals surface area (Å²) in [5, 5.41) is 1.01. The van der Waals surface area contributed by atoms with Gasteiger partial charge in [-0.25, -0.2) is 0 Å². The van der Waals surface area contributed by atoms with Crippen molar-refractivity contribution in [2.24, 2.45) is 4.99 Å². The molecule has 24 heavy (non-hydrogen) atoms. The van der Waals surface area contributed by atoms with Gasteiger partial charge in [0.25, 0.3) is 0 Å². The van der Waals surface area contributed by atoms with Crippen molar-refractivity contribution in [1.82, 2.24) is 0 Å². The number of pyridine rings is 1. The number of aliphatic imine (C=N–C) groups is 1. The molecule has 1 aromatic carbocycles. The summed E-state index contributed by atoms with van der Waals surface area (Å²) in [6, 6.07) is 7.86. The number of nitrogens with zero attached hydrogens (tertiary/aromatic N) is 2. The second-order valence-corrected chi connectivity index (χ2v) is 6.42. The zero-order valence-electron chi connectivity index (χ0n) is 13.1. The summed E-state index contributed by atoms with van der Waals surface area (Å²) in [5.41, 5.74) is 1.44. The van der Waals surface area contributed by atoms with E-state index in [1.807, 2.05) is 25.3 Å². The van der Waals surface area contributed by atoms with Crippen molar-refractivity contribution >= 4 is 46.7 Å². The molecule has 0 aliphatic rings. The highest BCUT2D eigenvalue weighted by atomic mass is 35.5. The molecule has 2 rings (SSSR count). The van der Waals surface area contributed by atoms with Crippen LogP contribution < -0.4 is 4.57 Å². The number of aryl methyl sites for hydroxylation is 1. The van der Waals surface area contributed by atoms with E-state index in [-0.39, 0.29) is 5.78 Å². The molecule has 0 unspecified atom stereocenters. The summed E-state index contributed by atoms with van der Waals surface area (Å²) < 4.78 is 1.76. The fraction of sp³-hybridized carbons (Fsp3) is 0.167. The number of hydrogen-bond acceptors (Lipinski definition) is 3. The van der Waals surface area contributed by atoms with Crippen molar-refractivity contribution in [1.29, 1.82) is 0 Å². The van der Waals surface area contributed by atoms with E-state index < -0.39 is 6.04 Å². The van der Waals surface area contributed by atoms with Crippen LogP contribution in [0.15, 0.2) is 60.4 Å². The lowest BCUT2D eigenvalue weighted by Gasteiger charge is -2.19. The maximum Gasteiger partial charge on any atom is 0.237 e. The van der Waals surface area contributed by atoms with Crippen LogP contribution >= 0.6 is 23.2 Å². The van der Waals surface area contributed by atoms with E-state index in [0.29, 0.717) is 27.2 Å². The first kappa shape index (κ1) is 18.6. The molecular weight excluding hydrogens is 363 g/mol. The molecule has 1 aromatic heterocycles. The van der Waals surface area contributed by atoms with Crippen LogP contribution in [-0.4, -0.2) is 17.4 Å². The topological polar surface area (TPSA) is 33.3 Å². The van der Waals surface area contributed by atoms with Gasteiger partial charge in [0, 0.05) is 17.2 Å². The van der Waals surface area contributed by atoms with Gasteiger partial charge in [-0.3, -0.25) is 4.79 Å². The molecular formula is C18H16Cl2N2OS. The Morgan fingerprint density at radius 2 is 2.12 bits per heavy atom. The Morgan fingerprint density at radius 1 is 1.38 bits per heavy atom. The average Bonchev–Trinajstić information content (AvgIpc) is 2.55. The molecule has 2 aromatic rings. The number of aromatic nitrogens is 1. The normalized spacial score (nSPS) is 12.7. The summed E-state index contributed by atoms with van der Waals surface area (Å²) >= 11 is 17.4. The summed E-state index contributed by atoms with van der Waals surface area (Å²) in [6.45, 7) is 5.93. The Balaban J connectivity index is 2.50. The van der Waals surface area contributed by atoms with E-state index in [4.69, 9.17) is 35.8 Å². The van der Waals surface area contributed by atoms with Crippen molar-refractivity contribution < 1.29 is 9.36 Å². The number of Topliss-reactive ketones (excluding diaryl/α,β-unsaturated/α-hetero) is 1. The maximum atomic E-state index is 13.0. The van der Waals surface area contributed by atoms with Crippen LogP contribution in [-0.2, 0) is 12.6 Å². The molecule has 1 atom stereocenters. The number of carbonyl (C=O) groups excluding carboxylic acids is 1. The first-order chi connectivity index (χ1) is 11.4. The highest BCUT2D eigenvalue weighted by Crippen LogP contribution is 2.24. The molecule has 0 aliphatic heterocycles. The molecule has 0 N–H and O–H groups in total. The molecule has 0 bridgehead atoms. The smallest absolute Gasteiger partial charge is 0.237 e. The van der Waals surface area contributed by atoms with Gasteiger partial charge >= 0.3 is 0 Å². The van der Waals surface area contributed by atoms with Gasteiger partial charge in [0.15, 0.2) is 12.4 Å². The number of ketones is 1. The quantitative estimate of drug-likeness (QED) is 0.189. The summed E-state index contributed by atoms with van der Waals surface area (Å²) in [4.78, 5) is 17.3. The van der Waals surface area contributed by atoms with E-state index in [0.717, 1.165) is 5.56 Å². The highest BCUT2D eigenvalue weighted by molar-refractivity contribution is 7.77. The predicted octanol–water partition coefficient (Wildman–Crippen LogP) is 4.14. The monoisotopic (exact) mass is 378 g/mol. The van der Waals surface area contributed by atoms with Crippen LogP contribution in [0.5, 0.6) is 0 Å². The standard InChI is InChI=1S/C18H16Cl2N2OS/c1-3-8-21-18(24)16(22-9-4-5-12(2)11-22)17(23)13-6-7-14(19)15(20)10-13/h3-7,9-11,16H,1,8H2,2H3/t16-/m0/s1. The molecule has 0 saturated heterocycles. The van der Waals surface area contributed by atoms with Gasteiger partial charge in [0.2, 0.25) is 11.8 Å². The fourth-order valence-electron chi connectivity index (χ4n) is 2.20. The van der Waals surface area contributed by atoms with E-state index in [1.54, 1.807) is 35.0 Å². The van der Waals surface area contributed by atoms with Gasteiger partial charge in [-0.15, -0.1) is 6.58 Å². The van der Waals surface area contributed by atoms with Crippen LogP contribution in [0.2, 0.25) is 10.0 Å². The first-order valence-corrected chi connectivity index (χ1v) is 8.39. The lowest BCUT2D eigenvalue weighted by Crippen LogP contribution is -2.48. The van der Waals surface area contributed by atoms with Crippen LogP contribution in [0.1, 0.15) is 22.0 Å². The van der Waals surface area contributed by atoms with Crippen molar-refractivity contribution in [3.63, 3.8) is 0 Å². The Kier molecular flexibility index (Phi) is 6.49. The van der Waals surface area contributed by atoms with Gasteiger partial charge in [-0.05, 0) is 36.2 Å². The minimum Gasteiger partial charge on any atom is -0.758 e. The number of hydrogen-bond donors (Lipinski definition) is 0. The second kappa shape index (κ2) is 8.38. The van der Waals surface area contributed by atoms with Crippen molar-refractivity contribution in [2.75, 3.05) is 6.54 Å². The summed E-state index contributed by atoms with van der Waals surface area (Å²) in [5.74, 6) is -0.193. The number of benzene rings is 1. The third kappa shape index (κ3) is 4.41. The maximum absolute atomic E-state index is 13.0. The molecule has 1 heterocycles. The van der Waals surface area contributed by atoms with Crippen molar-refractivity contribution in [3.05, 3.63) is 76.6 Å². The van der Waals surface area contributed by atoms with Gasteiger partial charge < -0.3 is 17.6 Å². The molecule has 0 amide bonds. The lowest BCUT2D eigenvalue weighted by atomic mass is 10.0. The van der Waals surface area contributed by atoms with Gasteiger partial charge in [-0.1, -0.05) is 29.3 Å². The van der Waals surface area contributed by atoms with Crippen molar-refractivity contribution in [3.8, 4) is 0 Å². The molecule has 0 saturated carbocycles. The molecule has 0 fully saturated rings. The van der Waals surface area contributed by atoms with Crippen LogP contribution in [0.4, 0.5) is 0 Å². The van der Waals surface area contributed by atoms with Gasteiger partial charge in [0.05, 0.1) is 16.6 Å².